The van der Waals surface area contributed by atoms with Crippen LogP contribution >= 0.6 is 0 Å². The van der Waals surface area contributed by atoms with Crippen molar-refractivity contribution in [3.8, 4) is 17.1 Å². The van der Waals surface area contributed by atoms with Crippen LogP contribution in [0.2, 0.25) is 0 Å². The molecule has 3 aromatic rings. The van der Waals surface area contributed by atoms with Gasteiger partial charge in [0.1, 0.15) is 0 Å². The highest BCUT2D eigenvalue weighted by molar-refractivity contribution is 6.08. The minimum Gasteiger partial charge on any atom is -0.467 e. The number of pyridine rings is 1. The number of nitrogens with zero attached hydrogens (tertiary/aromatic N) is 4. The summed E-state index contributed by atoms with van der Waals surface area (Å²) in [5.41, 5.74) is 3.17. The summed E-state index contributed by atoms with van der Waals surface area (Å²) in [4.78, 5) is 27.8. The minimum atomic E-state index is -0.300. The lowest BCUT2D eigenvalue weighted by atomic mass is 9.78. The molecule has 1 aromatic carbocycles. The summed E-state index contributed by atoms with van der Waals surface area (Å²) < 4.78 is 10.4. The maximum Gasteiger partial charge on any atom is 0.316 e. The Morgan fingerprint density at radius 3 is 2.47 bits per heavy atom. The molecule has 4 heterocycles. The first kappa shape index (κ1) is 18.5. The quantitative estimate of drug-likeness (QED) is 0.700. The molecule has 2 aliphatic rings. The summed E-state index contributed by atoms with van der Waals surface area (Å²) in [6, 6.07) is 12.1. The maximum atomic E-state index is 13.0. The smallest absolute Gasteiger partial charge is 0.316 e. The Kier molecular flexibility index (Phi) is 4.55. The molecule has 8 nitrogen and oxygen atoms in total. The van der Waals surface area contributed by atoms with Gasteiger partial charge in [-0.15, -0.1) is 0 Å². The van der Waals surface area contributed by atoms with Gasteiger partial charge in [0.15, 0.2) is 5.82 Å². The third-order valence-corrected chi connectivity index (χ3v) is 5.50. The summed E-state index contributed by atoms with van der Waals surface area (Å²) >= 11 is 0. The number of rotatable bonds is 5. The van der Waals surface area contributed by atoms with E-state index in [0.29, 0.717) is 11.3 Å². The van der Waals surface area contributed by atoms with Crippen LogP contribution in [0.4, 0.5) is 11.5 Å². The molecule has 0 saturated carbocycles. The molecule has 30 heavy (non-hydrogen) atoms. The van der Waals surface area contributed by atoms with Crippen molar-refractivity contribution in [2.75, 3.05) is 43.6 Å². The van der Waals surface area contributed by atoms with Gasteiger partial charge >= 0.3 is 6.01 Å². The first-order chi connectivity index (χ1) is 14.7. The van der Waals surface area contributed by atoms with E-state index in [1.54, 1.807) is 6.20 Å². The Labute approximate surface area is 173 Å². The van der Waals surface area contributed by atoms with Crippen molar-refractivity contribution >= 4 is 17.4 Å². The standard InChI is InChI=1S/C22H21N5O3/c1-29-21-24-9-16(10-25-21)20(28)26-18-17(15-5-3-2-4-6-15)7-8-23-19(18)27-11-22(12-27)13-30-14-22/h2-10H,11-14H2,1H3,(H,26,28). The molecule has 1 N–H and O–H groups in total. The van der Waals surface area contributed by atoms with Crippen molar-refractivity contribution in [1.29, 1.82) is 0 Å². The molecule has 0 unspecified atom stereocenters. The Morgan fingerprint density at radius 1 is 1.10 bits per heavy atom. The number of carbonyl (C=O) groups excluding carboxylic acids is 1. The topological polar surface area (TPSA) is 89.5 Å². The van der Waals surface area contributed by atoms with Gasteiger partial charge in [0.2, 0.25) is 0 Å². The number of benzene rings is 1. The van der Waals surface area contributed by atoms with Crippen LogP contribution in [0.5, 0.6) is 6.01 Å². The molecule has 2 aliphatic heterocycles. The van der Waals surface area contributed by atoms with Gasteiger partial charge < -0.3 is 19.7 Å². The van der Waals surface area contributed by atoms with Crippen molar-refractivity contribution < 1.29 is 14.3 Å². The van der Waals surface area contributed by atoms with Crippen LogP contribution in [0.15, 0.2) is 55.0 Å². The molecule has 2 saturated heterocycles. The fourth-order valence-electron chi connectivity index (χ4n) is 3.88. The lowest BCUT2D eigenvalue weighted by Gasteiger charge is -2.55. The number of ether oxygens (including phenoxy) is 2. The Bertz CT molecular complexity index is 1060. The number of methoxy groups -OCH3 is 1. The lowest BCUT2D eigenvalue weighted by molar-refractivity contribution is -0.127. The van der Waals surface area contributed by atoms with E-state index in [4.69, 9.17) is 9.47 Å². The van der Waals surface area contributed by atoms with E-state index in [9.17, 15) is 4.79 Å². The van der Waals surface area contributed by atoms with Crippen LogP contribution in [-0.2, 0) is 4.74 Å². The van der Waals surface area contributed by atoms with Crippen LogP contribution in [0.3, 0.4) is 0 Å². The van der Waals surface area contributed by atoms with E-state index < -0.39 is 0 Å². The van der Waals surface area contributed by atoms with Crippen LogP contribution in [-0.4, -0.2) is 54.3 Å². The fraction of sp³-hybridized carbons (Fsp3) is 0.273. The second-order valence-electron chi connectivity index (χ2n) is 7.68. The normalized spacial score (nSPS) is 16.5. The second kappa shape index (κ2) is 7.38. The zero-order valence-electron chi connectivity index (χ0n) is 16.5. The zero-order chi connectivity index (χ0) is 20.6. The number of carbonyl (C=O) groups is 1. The molecule has 0 atom stereocenters. The number of aromatic nitrogens is 3. The van der Waals surface area contributed by atoms with E-state index in [0.717, 1.165) is 43.2 Å². The maximum absolute atomic E-state index is 13.0. The highest BCUT2D eigenvalue weighted by Crippen LogP contribution is 2.44. The van der Waals surface area contributed by atoms with E-state index in [2.05, 4.69) is 25.2 Å². The predicted molar refractivity (Wildman–Crippen MR) is 112 cm³/mol. The van der Waals surface area contributed by atoms with Gasteiger partial charge in [0.05, 0.1) is 37.0 Å². The molecule has 2 fully saturated rings. The Balaban J connectivity index is 1.49. The minimum absolute atomic E-state index is 0.215. The monoisotopic (exact) mass is 403 g/mol. The number of nitrogens with one attached hydrogen (secondary N) is 1. The van der Waals surface area contributed by atoms with Crippen LogP contribution < -0.4 is 15.0 Å². The van der Waals surface area contributed by atoms with Gasteiger partial charge in [-0.25, -0.2) is 15.0 Å². The van der Waals surface area contributed by atoms with Crippen molar-refractivity contribution in [1.82, 2.24) is 15.0 Å². The van der Waals surface area contributed by atoms with Crippen molar-refractivity contribution in [2.24, 2.45) is 5.41 Å². The van der Waals surface area contributed by atoms with Gasteiger partial charge in [-0.05, 0) is 11.6 Å². The lowest BCUT2D eigenvalue weighted by Crippen LogP contribution is -2.66. The first-order valence-corrected chi connectivity index (χ1v) is 9.72. The van der Waals surface area contributed by atoms with Crippen molar-refractivity contribution in [2.45, 2.75) is 0 Å². The third-order valence-electron chi connectivity index (χ3n) is 5.50. The molecule has 0 bridgehead atoms. The molecule has 152 valence electrons. The van der Waals surface area contributed by atoms with Gasteiger partial charge in [0.25, 0.3) is 5.91 Å². The highest BCUT2D eigenvalue weighted by Gasteiger charge is 2.50. The van der Waals surface area contributed by atoms with Crippen LogP contribution in [0.1, 0.15) is 10.4 Å². The summed E-state index contributed by atoms with van der Waals surface area (Å²) in [5, 5.41) is 3.05. The molecule has 0 radical (unpaired) electrons. The zero-order valence-corrected chi connectivity index (χ0v) is 16.5. The average Bonchev–Trinajstić information content (AvgIpc) is 2.73. The molecule has 8 heteroatoms. The van der Waals surface area contributed by atoms with E-state index >= 15 is 0 Å². The number of hydrogen-bond acceptors (Lipinski definition) is 7. The highest BCUT2D eigenvalue weighted by atomic mass is 16.5. The predicted octanol–water partition coefficient (Wildman–Crippen LogP) is 2.64. The van der Waals surface area contributed by atoms with Crippen molar-refractivity contribution in [3.05, 3.63) is 60.6 Å². The van der Waals surface area contributed by atoms with Crippen LogP contribution in [0.25, 0.3) is 11.1 Å². The van der Waals surface area contributed by atoms with Crippen molar-refractivity contribution in [3.63, 3.8) is 0 Å². The number of anilines is 2. The molecule has 0 aliphatic carbocycles. The first-order valence-electron chi connectivity index (χ1n) is 9.72. The molecule has 2 aromatic heterocycles. The summed E-state index contributed by atoms with van der Waals surface area (Å²) in [6.07, 6.45) is 4.68. The fourth-order valence-corrected chi connectivity index (χ4v) is 3.88. The number of amides is 1. The third kappa shape index (κ3) is 3.25. The Hall–Kier alpha value is -3.52. The van der Waals surface area contributed by atoms with E-state index in [1.165, 1.54) is 19.5 Å². The second-order valence-corrected chi connectivity index (χ2v) is 7.68. The van der Waals surface area contributed by atoms with E-state index in [-0.39, 0.29) is 17.3 Å². The molecular weight excluding hydrogens is 382 g/mol. The van der Waals surface area contributed by atoms with E-state index in [1.807, 2.05) is 36.4 Å². The van der Waals surface area contributed by atoms with Gasteiger partial charge in [0, 0.05) is 37.2 Å². The summed E-state index contributed by atoms with van der Waals surface area (Å²) in [7, 11) is 1.48. The largest absolute Gasteiger partial charge is 0.467 e. The van der Waals surface area contributed by atoms with Crippen LogP contribution in [0, 0.1) is 5.41 Å². The Morgan fingerprint density at radius 2 is 1.83 bits per heavy atom. The number of hydrogen-bond donors (Lipinski definition) is 1. The van der Waals surface area contributed by atoms with Gasteiger partial charge in [-0.1, -0.05) is 30.3 Å². The van der Waals surface area contributed by atoms with Gasteiger partial charge in [-0.3, -0.25) is 4.79 Å². The molecule has 1 amide bonds. The molecule has 5 rings (SSSR count). The van der Waals surface area contributed by atoms with Gasteiger partial charge in [-0.2, -0.15) is 0 Å². The SMILES string of the molecule is COc1ncc(C(=O)Nc2c(-c3ccccc3)ccnc2N2CC3(COC3)C2)cn1. The summed E-state index contributed by atoms with van der Waals surface area (Å²) in [6.45, 7) is 3.30. The molecular formula is C22H21N5O3. The molecule has 1 spiro atoms. The summed E-state index contributed by atoms with van der Waals surface area (Å²) in [5.74, 6) is 0.461. The average molecular weight is 403 g/mol.